The molecule has 2 unspecified atom stereocenters. The van der Waals surface area contributed by atoms with Crippen LogP contribution < -0.4 is 5.73 Å². The van der Waals surface area contributed by atoms with Crippen LogP contribution in [0.1, 0.15) is 41.0 Å². The summed E-state index contributed by atoms with van der Waals surface area (Å²) in [4.78, 5) is 14.3. The molecule has 2 rings (SSSR count). The Hall–Kier alpha value is -0.810. The van der Waals surface area contributed by atoms with Gasteiger partial charge in [-0.1, -0.05) is 13.8 Å². The van der Waals surface area contributed by atoms with Crippen molar-refractivity contribution in [3.8, 4) is 0 Å². The van der Waals surface area contributed by atoms with Crippen LogP contribution >= 0.6 is 0 Å². The van der Waals surface area contributed by atoms with Crippen molar-refractivity contribution in [1.82, 2.24) is 4.90 Å². The highest BCUT2D eigenvalue weighted by Crippen LogP contribution is 2.65. The second kappa shape index (κ2) is 4.88. The minimum absolute atomic E-state index is 0.0195. The lowest BCUT2D eigenvalue weighted by Gasteiger charge is -2.42. The van der Waals surface area contributed by atoms with E-state index in [1.54, 1.807) is 0 Å². The molecule has 1 aliphatic heterocycles. The molecule has 1 aliphatic carbocycles. The third-order valence-corrected chi connectivity index (χ3v) is 4.74. The number of nitrogens with two attached hydrogens (primary N) is 1. The van der Waals surface area contributed by atoms with E-state index in [1.807, 2.05) is 25.7 Å². The standard InChI is InChI=1S/C15H28N2O3/c1-13(2,3)20-12(18)17-6-7-19-8-11(17)15(10-16)9-14(15,4)5/h11H,6-10,16H2,1-5H3. The van der Waals surface area contributed by atoms with Crippen LogP contribution in [-0.4, -0.2) is 48.9 Å². The Kier molecular flexibility index (Phi) is 3.80. The van der Waals surface area contributed by atoms with Gasteiger partial charge in [-0.05, 0) is 32.6 Å². The van der Waals surface area contributed by atoms with Crippen LogP contribution in [0.5, 0.6) is 0 Å². The largest absolute Gasteiger partial charge is 0.444 e. The summed E-state index contributed by atoms with van der Waals surface area (Å²) in [5.41, 5.74) is 5.68. The van der Waals surface area contributed by atoms with Gasteiger partial charge in [-0.2, -0.15) is 0 Å². The molecule has 0 aromatic carbocycles. The number of carbonyl (C=O) groups is 1. The van der Waals surface area contributed by atoms with E-state index in [4.69, 9.17) is 15.2 Å². The molecule has 0 radical (unpaired) electrons. The number of rotatable bonds is 2. The minimum atomic E-state index is -0.477. The van der Waals surface area contributed by atoms with Crippen LogP contribution in [-0.2, 0) is 9.47 Å². The highest BCUT2D eigenvalue weighted by Gasteiger charge is 2.66. The van der Waals surface area contributed by atoms with Crippen molar-refractivity contribution in [3.05, 3.63) is 0 Å². The predicted molar refractivity (Wildman–Crippen MR) is 77.4 cm³/mol. The molecule has 1 saturated carbocycles. The Balaban J connectivity index is 2.16. The molecule has 20 heavy (non-hydrogen) atoms. The molecular formula is C15H28N2O3. The lowest BCUT2D eigenvalue weighted by Crippen LogP contribution is -2.56. The van der Waals surface area contributed by atoms with Crippen molar-refractivity contribution >= 4 is 6.09 Å². The van der Waals surface area contributed by atoms with Gasteiger partial charge in [-0.3, -0.25) is 4.90 Å². The third kappa shape index (κ3) is 2.66. The predicted octanol–water partition coefficient (Wildman–Crippen LogP) is 2.00. The van der Waals surface area contributed by atoms with Crippen LogP contribution in [0.4, 0.5) is 4.79 Å². The zero-order valence-corrected chi connectivity index (χ0v) is 13.4. The maximum absolute atomic E-state index is 12.4. The summed E-state index contributed by atoms with van der Waals surface area (Å²) < 4.78 is 11.1. The summed E-state index contributed by atoms with van der Waals surface area (Å²) in [5, 5.41) is 0. The van der Waals surface area contributed by atoms with Gasteiger partial charge in [0.05, 0.1) is 19.3 Å². The summed E-state index contributed by atoms with van der Waals surface area (Å²) in [6, 6.07) is 0.0195. The first-order chi connectivity index (χ1) is 9.13. The topological polar surface area (TPSA) is 64.8 Å². The molecule has 0 spiro atoms. The van der Waals surface area contributed by atoms with Crippen LogP contribution in [0.3, 0.4) is 0 Å². The summed E-state index contributed by atoms with van der Waals surface area (Å²) in [6.45, 7) is 12.4. The number of amides is 1. The molecule has 0 bridgehead atoms. The molecule has 0 aromatic heterocycles. The molecule has 0 aromatic rings. The van der Waals surface area contributed by atoms with E-state index in [-0.39, 0.29) is 23.0 Å². The highest BCUT2D eigenvalue weighted by molar-refractivity contribution is 5.69. The molecule has 2 N–H and O–H groups in total. The average Bonchev–Trinajstić information content (AvgIpc) is 2.91. The van der Waals surface area contributed by atoms with Crippen molar-refractivity contribution in [3.63, 3.8) is 0 Å². The van der Waals surface area contributed by atoms with Gasteiger partial charge in [0.25, 0.3) is 0 Å². The van der Waals surface area contributed by atoms with Gasteiger partial charge in [-0.15, -0.1) is 0 Å². The number of hydrogen-bond donors (Lipinski definition) is 1. The molecular weight excluding hydrogens is 256 g/mol. The Morgan fingerprint density at radius 2 is 2.05 bits per heavy atom. The molecule has 1 saturated heterocycles. The van der Waals surface area contributed by atoms with Gasteiger partial charge in [0.15, 0.2) is 0 Å². The first kappa shape index (κ1) is 15.6. The number of hydrogen-bond acceptors (Lipinski definition) is 4. The second-order valence-corrected chi connectivity index (χ2v) is 7.69. The molecule has 2 fully saturated rings. The quantitative estimate of drug-likeness (QED) is 0.842. The first-order valence-corrected chi connectivity index (χ1v) is 7.40. The number of nitrogens with zero attached hydrogens (tertiary/aromatic N) is 1. The van der Waals surface area contributed by atoms with Gasteiger partial charge < -0.3 is 15.2 Å². The normalized spacial score (nSPS) is 32.9. The van der Waals surface area contributed by atoms with Crippen molar-refractivity contribution < 1.29 is 14.3 Å². The van der Waals surface area contributed by atoms with Gasteiger partial charge >= 0.3 is 6.09 Å². The molecule has 1 heterocycles. The van der Waals surface area contributed by atoms with Gasteiger partial charge in [0.2, 0.25) is 0 Å². The fourth-order valence-corrected chi connectivity index (χ4v) is 3.40. The van der Waals surface area contributed by atoms with Crippen molar-refractivity contribution in [2.45, 2.75) is 52.7 Å². The van der Waals surface area contributed by atoms with E-state index in [0.29, 0.717) is 26.3 Å². The zero-order chi connectivity index (χ0) is 15.2. The van der Waals surface area contributed by atoms with E-state index < -0.39 is 5.60 Å². The Labute approximate surface area is 121 Å². The molecule has 116 valence electrons. The lowest BCUT2D eigenvalue weighted by atomic mass is 9.86. The summed E-state index contributed by atoms with van der Waals surface area (Å²) in [6.07, 6.45) is 0.783. The SMILES string of the molecule is CC(C)(C)OC(=O)N1CCOCC1C1(CN)CC1(C)C. The van der Waals surface area contributed by atoms with E-state index in [2.05, 4.69) is 13.8 Å². The zero-order valence-electron chi connectivity index (χ0n) is 13.4. The molecule has 5 heteroatoms. The van der Waals surface area contributed by atoms with E-state index in [1.165, 1.54) is 0 Å². The van der Waals surface area contributed by atoms with Crippen LogP contribution in [0, 0.1) is 10.8 Å². The smallest absolute Gasteiger partial charge is 0.410 e. The fraction of sp³-hybridized carbons (Fsp3) is 0.933. The van der Waals surface area contributed by atoms with Crippen LogP contribution in [0.2, 0.25) is 0 Å². The average molecular weight is 284 g/mol. The molecule has 2 aliphatic rings. The Morgan fingerprint density at radius 3 is 2.50 bits per heavy atom. The molecule has 2 atom stereocenters. The summed E-state index contributed by atoms with van der Waals surface area (Å²) in [7, 11) is 0. The van der Waals surface area contributed by atoms with Crippen LogP contribution in [0.15, 0.2) is 0 Å². The Bertz CT molecular complexity index is 389. The number of carbonyl (C=O) groups excluding carboxylic acids is 1. The number of ether oxygens (including phenoxy) is 2. The van der Waals surface area contributed by atoms with Gasteiger partial charge in [0, 0.05) is 18.5 Å². The van der Waals surface area contributed by atoms with Gasteiger partial charge in [0.1, 0.15) is 5.60 Å². The number of morpholine rings is 1. The molecule has 5 nitrogen and oxygen atoms in total. The highest BCUT2D eigenvalue weighted by atomic mass is 16.6. The van der Waals surface area contributed by atoms with Gasteiger partial charge in [-0.25, -0.2) is 4.79 Å². The monoisotopic (exact) mass is 284 g/mol. The Morgan fingerprint density at radius 1 is 1.45 bits per heavy atom. The molecule has 1 amide bonds. The maximum Gasteiger partial charge on any atom is 0.410 e. The van der Waals surface area contributed by atoms with Crippen molar-refractivity contribution in [2.75, 3.05) is 26.3 Å². The fourth-order valence-electron chi connectivity index (χ4n) is 3.40. The van der Waals surface area contributed by atoms with E-state index in [9.17, 15) is 4.79 Å². The first-order valence-electron chi connectivity index (χ1n) is 7.40. The maximum atomic E-state index is 12.4. The van der Waals surface area contributed by atoms with Crippen LogP contribution in [0.25, 0.3) is 0 Å². The lowest BCUT2D eigenvalue weighted by molar-refractivity contribution is -0.0548. The minimum Gasteiger partial charge on any atom is -0.444 e. The van der Waals surface area contributed by atoms with E-state index in [0.717, 1.165) is 6.42 Å². The second-order valence-electron chi connectivity index (χ2n) is 7.69. The van der Waals surface area contributed by atoms with Crippen molar-refractivity contribution in [2.24, 2.45) is 16.6 Å². The van der Waals surface area contributed by atoms with E-state index >= 15 is 0 Å². The van der Waals surface area contributed by atoms with Crippen molar-refractivity contribution in [1.29, 1.82) is 0 Å². The summed E-state index contributed by atoms with van der Waals surface area (Å²) >= 11 is 0. The third-order valence-electron chi connectivity index (χ3n) is 4.74. The summed E-state index contributed by atoms with van der Waals surface area (Å²) in [5.74, 6) is 0.